The number of allylic oxidation sites excluding steroid dienone is 2. The first-order valence-electron chi connectivity index (χ1n) is 17.5. The van der Waals surface area contributed by atoms with Gasteiger partial charge >= 0.3 is 287 Å². The van der Waals surface area contributed by atoms with Crippen molar-refractivity contribution in [1.82, 2.24) is 0 Å². The first-order valence-corrected chi connectivity index (χ1v) is 31.2. The molecule has 0 N–H and O–H groups in total. The summed E-state index contributed by atoms with van der Waals surface area (Å²) in [7, 11) is 0. The summed E-state index contributed by atoms with van der Waals surface area (Å²) in [6.45, 7) is 19.0. The summed E-state index contributed by atoms with van der Waals surface area (Å²) in [4.78, 5) is 0. The maximum atomic E-state index is 2.78. The van der Waals surface area contributed by atoms with Crippen molar-refractivity contribution in [3.05, 3.63) is 142 Å². The van der Waals surface area contributed by atoms with Crippen LogP contribution in [0.4, 0.5) is 0 Å². The smallest absolute Gasteiger partial charge is 0.147 e. The molecule has 254 valence electrons. The van der Waals surface area contributed by atoms with Crippen molar-refractivity contribution in [2.75, 3.05) is 0 Å². The summed E-state index contributed by atoms with van der Waals surface area (Å²) in [6, 6.07) is 37.0. The molecule has 5 aromatic carbocycles. The molecule has 0 nitrogen and oxygen atoms in total. The molecule has 0 aliphatic heterocycles. The molecule has 0 saturated heterocycles. The molecule has 0 saturated carbocycles. The number of hydrogen-bond donors (Lipinski definition) is 0. The SMILES string of the molecule is CC1=Cc2c(-c3ccc4ccccc4c3)ccc(C)c2[CH]1[Zr]([CH3])([CH3])(=[SiH2])[CH]1C(C(C)C)=Cc2c(-c3ccc(C(C)(C)C)cc3)cccc21.Cl.Cl. The van der Waals surface area contributed by atoms with Crippen LogP contribution in [0.25, 0.3) is 45.2 Å². The second-order valence-corrected chi connectivity index (χ2v) is 47.4. The molecule has 2 unspecified atom stereocenters. The number of fused-ring (bicyclic) bond motifs is 3. The zero-order chi connectivity index (χ0) is 33.5. The van der Waals surface area contributed by atoms with Crippen molar-refractivity contribution < 1.29 is 17.4 Å². The molecule has 5 aromatic rings. The van der Waals surface area contributed by atoms with Crippen LogP contribution >= 0.6 is 24.8 Å². The minimum atomic E-state index is -3.72. The molecule has 0 bridgehead atoms. The number of halogens is 2. The van der Waals surface area contributed by atoms with Crippen LogP contribution in [0.5, 0.6) is 0 Å². The van der Waals surface area contributed by atoms with Gasteiger partial charge < -0.3 is 0 Å². The molecule has 0 fully saturated rings. The molecule has 2 atom stereocenters. The van der Waals surface area contributed by atoms with Crippen molar-refractivity contribution in [3.8, 4) is 22.3 Å². The fourth-order valence-corrected chi connectivity index (χ4v) is 29.8. The zero-order valence-corrected chi connectivity index (χ0v) is 36.2. The van der Waals surface area contributed by atoms with Crippen molar-refractivity contribution in [2.24, 2.45) is 5.92 Å². The Labute approximate surface area is 309 Å². The first kappa shape index (κ1) is 37.8. The zero-order valence-electron chi connectivity index (χ0n) is 30.6. The normalized spacial score (nSPS) is 17.2. The summed E-state index contributed by atoms with van der Waals surface area (Å²) < 4.78 is 6.55. The summed E-state index contributed by atoms with van der Waals surface area (Å²) >= 11 is -3.72. The van der Waals surface area contributed by atoms with Crippen LogP contribution in [0.1, 0.15) is 82.2 Å². The van der Waals surface area contributed by atoms with Gasteiger partial charge in [0.15, 0.2) is 0 Å². The minimum Gasteiger partial charge on any atom is -0.147 e. The Kier molecular flexibility index (Phi) is 10.2. The van der Waals surface area contributed by atoms with Gasteiger partial charge in [-0.2, -0.15) is 0 Å². The third kappa shape index (κ3) is 6.35. The Morgan fingerprint density at radius 1 is 0.653 bits per heavy atom. The topological polar surface area (TPSA) is 0 Å². The van der Waals surface area contributed by atoms with Crippen LogP contribution in [0, 0.1) is 12.8 Å². The summed E-state index contributed by atoms with van der Waals surface area (Å²) in [5.74, 6) is 0.496. The molecular formula is C45H52Cl2SiZr. The average Bonchev–Trinajstić information content (AvgIpc) is 3.61. The Bertz CT molecular complexity index is 2210. The number of hydrogen-bond acceptors (Lipinski definition) is 0. The number of rotatable bonds is 5. The molecule has 7 rings (SSSR count). The minimum absolute atomic E-state index is 0. The van der Waals surface area contributed by atoms with Gasteiger partial charge in [0.25, 0.3) is 0 Å². The second-order valence-electron chi connectivity index (χ2n) is 16.9. The fraction of sp³-hybridized carbons (Fsp3) is 0.289. The van der Waals surface area contributed by atoms with E-state index in [0.717, 1.165) is 0 Å². The van der Waals surface area contributed by atoms with Crippen LogP contribution in [0.3, 0.4) is 0 Å². The molecule has 4 heteroatoms. The largest absolute Gasteiger partial charge is 0.147 e. The predicted octanol–water partition coefficient (Wildman–Crippen LogP) is 13.2. The van der Waals surface area contributed by atoms with E-state index in [-0.39, 0.29) is 30.2 Å². The molecule has 0 amide bonds. The van der Waals surface area contributed by atoms with E-state index >= 15 is 0 Å². The third-order valence-electron chi connectivity index (χ3n) is 11.4. The Morgan fingerprint density at radius 2 is 1.29 bits per heavy atom. The van der Waals surface area contributed by atoms with E-state index < -0.39 is 17.4 Å². The summed E-state index contributed by atoms with van der Waals surface area (Å²) in [5.41, 5.74) is 17.7. The van der Waals surface area contributed by atoms with E-state index in [1.54, 1.807) is 22.3 Å². The van der Waals surface area contributed by atoms with Crippen LogP contribution in [0.15, 0.2) is 108 Å². The van der Waals surface area contributed by atoms with Gasteiger partial charge in [0.05, 0.1) is 0 Å². The Hall–Kier alpha value is -2.48. The predicted molar refractivity (Wildman–Crippen MR) is 221 cm³/mol. The maximum absolute atomic E-state index is 3.72. The van der Waals surface area contributed by atoms with Gasteiger partial charge in [0, 0.05) is 0 Å². The molecule has 2 aliphatic carbocycles. The van der Waals surface area contributed by atoms with Gasteiger partial charge in [-0.15, -0.1) is 24.8 Å². The molecule has 0 heterocycles. The summed E-state index contributed by atoms with van der Waals surface area (Å²) in [6.07, 6.45) is 5.17. The van der Waals surface area contributed by atoms with Crippen molar-refractivity contribution in [2.45, 2.75) is 70.4 Å². The van der Waals surface area contributed by atoms with E-state index in [2.05, 4.69) is 174 Å². The third-order valence-corrected chi connectivity index (χ3v) is 29.0. The van der Waals surface area contributed by atoms with Crippen LogP contribution in [-0.2, 0) is 22.8 Å². The Balaban J connectivity index is 0.00000234. The van der Waals surface area contributed by atoms with Gasteiger partial charge in [-0.05, 0) is 0 Å². The van der Waals surface area contributed by atoms with E-state index in [1.807, 2.05) is 0 Å². The van der Waals surface area contributed by atoms with Crippen molar-refractivity contribution in [3.63, 3.8) is 0 Å². The van der Waals surface area contributed by atoms with Gasteiger partial charge in [-0.1, -0.05) is 0 Å². The van der Waals surface area contributed by atoms with Crippen molar-refractivity contribution in [1.29, 1.82) is 0 Å². The molecule has 0 aromatic heterocycles. The van der Waals surface area contributed by atoms with Crippen LogP contribution < -0.4 is 0 Å². The van der Waals surface area contributed by atoms with Gasteiger partial charge in [0.2, 0.25) is 0 Å². The van der Waals surface area contributed by atoms with Crippen LogP contribution in [-0.4, -0.2) is 6.88 Å². The number of aryl methyl sites for hydroxylation is 1. The molecular weight excluding hydrogens is 731 g/mol. The van der Waals surface area contributed by atoms with Crippen LogP contribution in [0.2, 0.25) is 9.26 Å². The molecule has 0 spiro atoms. The average molecular weight is 783 g/mol. The van der Waals surface area contributed by atoms with E-state index in [9.17, 15) is 0 Å². The monoisotopic (exact) mass is 780 g/mol. The maximum Gasteiger partial charge on any atom is -0.147 e. The summed E-state index contributed by atoms with van der Waals surface area (Å²) in [5, 5.41) is 2.61. The van der Waals surface area contributed by atoms with Crippen molar-refractivity contribution >= 4 is 54.6 Å². The fourth-order valence-electron chi connectivity index (χ4n) is 9.20. The first-order chi connectivity index (χ1) is 22.1. The molecule has 0 radical (unpaired) electrons. The quantitative estimate of drug-likeness (QED) is 0.156. The second kappa shape index (κ2) is 13.2. The van der Waals surface area contributed by atoms with E-state index in [0.29, 0.717) is 13.2 Å². The van der Waals surface area contributed by atoms with Gasteiger partial charge in [0.1, 0.15) is 0 Å². The molecule has 2 aliphatic rings. The standard InChI is InChI=1S/C22H25.C21H17.2CH3.2ClH.H2Si.Zr/c1-15(2)18-13-17-7-6-8-20(21(17)14-18)16-9-11-19(12-10-16)22(3,4)5;1-14-11-20-15(2)7-10-19(21(20)12-14)18-9-8-16-5-3-4-6-17(16)13-18;;;;;;/h6-15H,1-5H3;3-13H,1-2H3;2*1H3;2*1H;1H2;. The van der Waals surface area contributed by atoms with Gasteiger partial charge in [-0.3, -0.25) is 0 Å². The van der Waals surface area contributed by atoms with Gasteiger partial charge in [-0.25, -0.2) is 0 Å². The Morgan fingerprint density at radius 3 is 1.94 bits per heavy atom. The van der Waals surface area contributed by atoms with E-state index in [4.69, 9.17) is 0 Å². The number of benzene rings is 5. The van der Waals surface area contributed by atoms with E-state index in [1.165, 1.54) is 55.3 Å². The molecule has 49 heavy (non-hydrogen) atoms.